The second kappa shape index (κ2) is 9.98. The van der Waals surface area contributed by atoms with Crippen LogP contribution in [-0.2, 0) is 26.1 Å². The van der Waals surface area contributed by atoms with E-state index < -0.39 is 10.0 Å². The van der Waals surface area contributed by atoms with Gasteiger partial charge in [-0.3, -0.25) is 4.79 Å². The fourth-order valence-electron chi connectivity index (χ4n) is 3.41. The molecular formula is C22H28FNO4S. The number of halogens is 1. The first kappa shape index (κ1) is 23.0. The number of nitrogens with zero attached hydrogens (tertiary/aromatic N) is 1. The first-order chi connectivity index (χ1) is 13.6. The van der Waals surface area contributed by atoms with Gasteiger partial charge in [0.15, 0.2) is 0 Å². The van der Waals surface area contributed by atoms with Crippen molar-refractivity contribution in [1.29, 1.82) is 0 Å². The SMILES string of the molecule is CCOC(=O)CCCN(Cc1ccc(F)cc1)S(=O)(=O)c1c(C)cc(C)cc1C. The molecule has 0 radical (unpaired) electrons. The van der Waals surface area contributed by atoms with Crippen LogP contribution in [0.5, 0.6) is 0 Å². The topological polar surface area (TPSA) is 63.7 Å². The summed E-state index contributed by atoms with van der Waals surface area (Å²) in [5.74, 6) is -0.731. The van der Waals surface area contributed by atoms with Gasteiger partial charge in [-0.25, -0.2) is 12.8 Å². The Balaban J connectivity index is 2.34. The number of carbonyl (C=O) groups excluding carboxylic acids is 1. The quantitative estimate of drug-likeness (QED) is 0.567. The predicted molar refractivity (Wildman–Crippen MR) is 111 cm³/mol. The number of benzene rings is 2. The highest BCUT2D eigenvalue weighted by molar-refractivity contribution is 7.89. The summed E-state index contributed by atoms with van der Waals surface area (Å²) in [6.07, 6.45) is 0.471. The van der Waals surface area contributed by atoms with Crippen molar-refractivity contribution >= 4 is 16.0 Å². The lowest BCUT2D eigenvalue weighted by molar-refractivity contribution is -0.143. The van der Waals surface area contributed by atoms with Gasteiger partial charge >= 0.3 is 5.97 Å². The molecule has 29 heavy (non-hydrogen) atoms. The molecule has 0 N–H and O–H groups in total. The van der Waals surface area contributed by atoms with Gasteiger partial charge < -0.3 is 4.74 Å². The van der Waals surface area contributed by atoms with E-state index in [9.17, 15) is 17.6 Å². The van der Waals surface area contributed by atoms with Crippen LogP contribution in [0.4, 0.5) is 4.39 Å². The van der Waals surface area contributed by atoms with Gasteiger partial charge in [0, 0.05) is 19.5 Å². The summed E-state index contributed by atoms with van der Waals surface area (Å²) in [4.78, 5) is 11.9. The third-order valence-electron chi connectivity index (χ3n) is 4.57. The molecule has 5 nitrogen and oxygen atoms in total. The minimum Gasteiger partial charge on any atom is -0.466 e. The lowest BCUT2D eigenvalue weighted by atomic mass is 10.1. The average molecular weight is 422 g/mol. The van der Waals surface area contributed by atoms with Gasteiger partial charge in [0.2, 0.25) is 10.0 Å². The number of hydrogen-bond donors (Lipinski definition) is 0. The van der Waals surface area contributed by atoms with Crippen molar-refractivity contribution < 1.29 is 22.3 Å². The van der Waals surface area contributed by atoms with Crippen LogP contribution >= 0.6 is 0 Å². The van der Waals surface area contributed by atoms with Crippen LogP contribution in [0.3, 0.4) is 0 Å². The first-order valence-corrected chi connectivity index (χ1v) is 11.1. The molecule has 0 aliphatic carbocycles. The Bertz CT molecular complexity index is 932. The monoisotopic (exact) mass is 421 g/mol. The fraction of sp³-hybridized carbons (Fsp3) is 0.409. The number of hydrogen-bond acceptors (Lipinski definition) is 4. The molecule has 0 atom stereocenters. The summed E-state index contributed by atoms with van der Waals surface area (Å²) < 4.78 is 46.5. The number of ether oxygens (including phenoxy) is 1. The van der Waals surface area contributed by atoms with Crippen molar-refractivity contribution in [1.82, 2.24) is 4.31 Å². The molecule has 0 aromatic heterocycles. The van der Waals surface area contributed by atoms with Crippen molar-refractivity contribution in [2.24, 2.45) is 0 Å². The minimum absolute atomic E-state index is 0.0954. The largest absolute Gasteiger partial charge is 0.466 e. The Labute approximate surface area is 172 Å². The summed E-state index contributed by atoms with van der Waals surface area (Å²) in [7, 11) is -3.81. The summed E-state index contributed by atoms with van der Waals surface area (Å²) in [6, 6.07) is 9.43. The molecule has 0 bridgehead atoms. The van der Waals surface area contributed by atoms with E-state index in [1.165, 1.54) is 16.4 Å². The minimum atomic E-state index is -3.81. The Morgan fingerprint density at radius 2 is 1.66 bits per heavy atom. The Morgan fingerprint density at radius 3 is 2.21 bits per heavy atom. The summed E-state index contributed by atoms with van der Waals surface area (Å²) in [5, 5.41) is 0. The molecule has 0 aliphatic rings. The van der Waals surface area contributed by atoms with E-state index in [-0.39, 0.29) is 42.8 Å². The predicted octanol–water partition coefficient (Wildman–Crippen LogP) is 4.29. The third kappa shape index (κ3) is 6.11. The van der Waals surface area contributed by atoms with Crippen LogP contribution < -0.4 is 0 Å². The van der Waals surface area contributed by atoms with E-state index in [1.54, 1.807) is 32.9 Å². The van der Waals surface area contributed by atoms with E-state index in [2.05, 4.69) is 0 Å². The third-order valence-corrected chi connectivity index (χ3v) is 6.72. The smallest absolute Gasteiger partial charge is 0.305 e. The number of sulfonamides is 1. The molecule has 158 valence electrons. The second-order valence-electron chi connectivity index (χ2n) is 7.10. The van der Waals surface area contributed by atoms with Gasteiger partial charge in [0.05, 0.1) is 11.5 Å². The summed E-state index contributed by atoms with van der Waals surface area (Å²) >= 11 is 0. The van der Waals surface area contributed by atoms with Gasteiger partial charge in [-0.1, -0.05) is 29.8 Å². The molecular weight excluding hydrogens is 393 g/mol. The first-order valence-electron chi connectivity index (χ1n) is 9.63. The Hall–Kier alpha value is -2.25. The van der Waals surface area contributed by atoms with E-state index in [0.29, 0.717) is 23.1 Å². The van der Waals surface area contributed by atoms with Gasteiger partial charge in [-0.05, 0) is 62.9 Å². The molecule has 0 saturated carbocycles. The lowest BCUT2D eigenvalue weighted by Gasteiger charge is -2.24. The highest BCUT2D eigenvalue weighted by Crippen LogP contribution is 2.27. The summed E-state index contributed by atoms with van der Waals surface area (Å²) in [5.41, 5.74) is 3.02. The van der Waals surface area contributed by atoms with Gasteiger partial charge in [-0.2, -0.15) is 4.31 Å². The average Bonchev–Trinajstić information content (AvgIpc) is 2.61. The van der Waals surface area contributed by atoms with Gasteiger partial charge in [0.1, 0.15) is 5.82 Å². The molecule has 0 heterocycles. The zero-order chi connectivity index (χ0) is 21.6. The van der Waals surface area contributed by atoms with Crippen molar-refractivity contribution in [2.45, 2.75) is 52.0 Å². The Kier molecular flexibility index (Phi) is 7.93. The van der Waals surface area contributed by atoms with Crippen LogP contribution in [0.15, 0.2) is 41.3 Å². The normalized spacial score (nSPS) is 11.7. The number of esters is 1. The van der Waals surface area contributed by atoms with Crippen LogP contribution in [0, 0.1) is 26.6 Å². The van der Waals surface area contributed by atoms with Crippen molar-refractivity contribution in [2.75, 3.05) is 13.2 Å². The van der Waals surface area contributed by atoms with Crippen LogP contribution in [0.1, 0.15) is 42.0 Å². The second-order valence-corrected chi connectivity index (χ2v) is 8.98. The Morgan fingerprint density at radius 1 is 1.07 bits per heavy atom. The summed E-state index contributed by atoms with van der Waals surface area (Å²) in [6.45, 7) is 7.75. The van der Waals surface area contributed by atoms with E-state index in [0.717, 1.165) is 5.56 Å². The maximum absolute atomic E-state index is 13.5. The van der Waals surface area contributed by atoms with Crippen LogP contribution in [-0.4, -0.2) is 31.8 Å². The molecule has 0 spiro atoms. The molecule has 2 aromatic rings. The molecule has 0 saturated heterocycles. The molecule has 0 amide bonds. The zero-order valence-corrected chi connectivity index (χ0v) is 18.2. The molecule has 0 aliphatic heterocycles. The number of rotatable bonds is 9. The van der Waals surface area contributed by atoms with Crippen LogP contribution in [0.25, 0.3) is 0 Å². The molecule has 0 unspecified atom stereocenters. The standard InChI is InChI=1S/C22H28FNO4S/c1-5-28-21(25)7-6-12-24(15-19-8-10-20(23)11-9-19)29(26,27)22-17(3)13-16(2)14-18(22)4/h8-11,13-14H,5-7,12,15H2,1-4H3. The zero-order valence-electron chi connectivity index (χ0n) is 17.4. The van der Waals surface area contributed by atoms with Crippen LogP contribution in [0.2, 0.25) is 0 Å². The molecule has 2 aromatic carbocycles. The van der Waals surface area contributed by atoms with E-state index in [4.69, 9.17) is 4.74 Å². The fourth-order valence-corrected chi connectivity index (χ4v) is 5.29. The van der Waals surface area contributed by atoms with E-state index >= 15 is 0 Å². The lowest BCUT2D eigenvalue weighted by Crippen LogP contribution is -2.33. The van der Waals surface area contributed by atoms with Crippen molar-refractivity contribution in [3.8, 4) is 0 Å². The highest BCUT2D eigenvalue weighted by atomic mass is 32.2. The molecule has 7 heteroatoms. The molecule has 2 rings (SSSR count). The van der Waals surface area contributed by atoms with E-state index in [1.807, 2.05) is 19.1 Å². The van der Waals surface area contributed by atoms with Gasteiger partial charge in [0.25, 0.3) is 0 Å². The van der Waals surface area contributed by atoms with Gasteiger partial charge in [-0.15, -0.1) is 0 Å². The molecule has 0 fully saturated rings. The maximum atomic E-state index is 13.5. The van der Waals surface area contributed by atoms with Crippen molar-refractivity contribution in [3.63, 3.8) is 0 Å². The number of carbonyl (C=O) groups is 1. The highest BCUT2D eigenvalue weighted by Gasteiger charge is 2.28. The number of aryl methyl sites for hydroxylation is 3. The maximum Gasteiger partial charge on any atom is 0.305 e. The van der Waals surface area contributed by atoms with Crippen molar-refractivity contribution in [3.05, 3.63) is 64.5 Å².